The maximum Gasteiger partial charge on any atom is 0.317 e. The number of aliphatic carboxylic acids is 1. The van der Waals surface area contributed by atoms with Gasteiger partial charge in [0.15, 0.2) is 0 Å². The van der Waals surface area contributed by atoms with E-state index in [0.29, 0.717) is 11.8 Å². The van der Waals surface area contributed by atoms with Crippen molar-refractivity contribution in [3.63, 3.8) is 0 Å². The quantitative estimate of drug-likeness (QED) is 0.788. The zero-order valence-corrected chi connectivity index (χ0v) is 12.9. The number of nitrogens with one attached hydrogen (secondary N) is 1. The minimum Gasteiger partial charge on any atom is -0.481 e. The Morgan fingerprint density at radius 1 is 1.20 bits per heavy atom. The predicted octanol–water partition coefficient (Wildman–Crippen LogP) is 2.71. The largest absolute Gasteiger partial charge is 0.481 e. The van der Waals surface area contributed by atoms with Crippen molar-refractivity contribution < 1.29 is 14.7 Å². The van der Waals surface area contributed by atoms with Crippen molar-refractivity contribution in [3.8, 4) is 0 Å². The van der Waals surface area contributed by atoms with Crippen molar-refractivity contribution in [1.29, 1.82) is 0 Å². The van der Waals surface area contributed by atoms with Gasteiger partial charge in [0.2, 0.25) is 0 Å². The van der Waals surface area contributed by atoms with E-state index in [1.165, 1.54) is 0 Å². The van der Waals surface area contributed by atoms with Crippen LogP contribution in [-0.2, 0) is 4.79 Å². The summed E-state index contributed by atoms with van der Waals surface area (Å²) in [5, 5.41) is 11.7. The first-order valence-electron chi connectivity index (χ1n) is 7.73. The average molecular weight is 284 g/mol. The highest BCUT2D eigenvalue weighted by molar-refractivity contribution is 5.76. The van der Waals surface area contributed by atoms with Gasteiger partial charge < -0.3 is 15.3 Å². The van der Waals surface area contributed by atoms with Gasteiger partial charge in [-0.2, -0.15) is 0 Å². The number of hydrogen-bond donors (Lipinski definition) is 2. The standard InChI is InChI=1S/C15H28N2O3/c1-4-12(13(18)19)11-16-14(20)17-9-7-15(5-2,6-3)8-10-17/h12H,4-11H2,1-3H3,(H,16,20)(H,18,19). The van der Waals surface area contributed by atoms with Crippen molar-refractivity contribution >= 4 is 12.0 Å². The highest BCUT2D eigenvalue weighted by atomic mass is 16.4. The summed E-state index contributed by atoms with van der Waals surface area (Å²) in [6.07, 6.45) is 4.95. The third kappa shape index (κ3) is 4.12. The summed E-state index contributed by atoms with van der Waals surface area (Å²) in [6.45, 7) is 8.03. The predicted molar refractivity (Wildman–Crippen MR) is 78.6 cm³/mol. The molecule has 0 bridgehead atoms. The molecule has 0 saturated carbocycles. The van der Waals surface area contributed by atoms with Crippen LogP contribution in [-0.4, -0.2) is 41.6 Å². The molecule has 1 aliphatic heterocycles. The molecule has 2 amide bonds. The number of carbonyl (C=O) groups is 2. The summed E-state index contributed by atoms with van der Waals surface area (Å²) >= 11 is 0. The van der Waals surface area contributed by atoms with Crippen molar-refractivity contribution in [1.82, 2.24) is 10.2 Å². The Balaban J connectivity index is 2.41. The number of nitrogens with zero attached hydrogens (tertiary/aromatic N) is 1. The number of carboxylic acid groups (broad SMARTS) is 1. The molecule has 1 unspecified atom stereocenters. The molecule has 1 aliphatic rings. The molecular formula is C15H28N2O3. The molecule has 5 heteroatoms. The second kappa shape index (κ2) is 7.50. The van der Waals surface area contributed by atoms with Crippen LogP contribution in [0.5, 0.6) is 0 Å². The minimum atomic E-state index is -0.845. The van der Waals surface area contributed by atoms with Crippen molar-refractivity contribution in [3.05, 3.63) is 0 Å². The molecule has 0 aromatic rings. The number of amides is 2. The van der Waals surface area contributed by atoms with Gasteiger partial charge in [0.05, 0.1) is 5.92 Å². The van der Waals surface area contributed by atoms with Gasteiger partial charge in [0, 0.05) is 19.6 Å². The zero-order chi connectivity index (χ0) is 15.2. The lowest BCUT2D eigenvalue weighted by molar-refractivity contribution is -0.141. The number of carbonyl (C=O) groups excluding carboxylic acids is 1. The number of urea groups is 1. The minimum absolute atomic E-state index is 0.120. The molecule has 0 spiro atoms. The van der Waals surface area contributed by atoms with Crippen molar-refractivity contribution in [2.24, 2.45) is 11.3 Å². The molecule has 0 aromatic heterocycles. The average Bonchev–Trinajstić information content (AvgIpc) is 2.47. The molecule has 0 aromatic carbocycles. The molecule has 1 heterocycles. The Morgan fingerprint density at radius 2 is 1.75 bits per heavy atom. The fraction of sp³-hybridized carbons (Fsp3) is 0.867. The van der Waals surface area contributed by atoms with Crippen LogP contribution in [0.4, 0.5) is 4.79 Å². The molecular weight excluding hydrogens is 256 g/mol. The molecule has 0 radical (unpaired) electrons. The lowest BCUT2D eigenvalue weighted by atomic mass is 9.74. The molecule has 1 saturated heterocycles. The lowest BCUT2D eigenvalue weighted by Gasteiger charge is -2.41. The Bertz CT molecular complexity index is 330. The van der Waals surface area contributed by atoms with Crippen LogP contribution in [0.2, 0.25) is 0 Å². The Kier molecular flexibility index (Phi) is 6.30. The summed E-state index contributed by atoms with van der Waals surface area (Å²) in [5.41, 5.74) is 0.393. The van der Waals surface area contributed by atoms with Crippen LogP contribution in [0.3, 0.4) is 0 Å². The van der Waals surface area contributed by atoms with E-state index in [1.807, 2.05) is 11.8 Å². The Morgan fingerprint density at radius 3 is 2.15 bits per heavy atom. The highest BCUT2D eigenvalue weighted by Crippen LogP contribution is 2.37. The lowest BCUT2D eigenvalue weighted by Crippen LogP contribution is -2.48. The monoisotopic (exact) mass is 284 g/mol. The van der Waals surface area contributed by atoms with Gasteiger partial charge in [-0.15, -0.1) is 0 Å². The first kappa shape index (κ1) is 16.8. The first-order valence-corrected chi connectivity index (χ1v) is 7.73. The van der Waals surface area contributed by atoms with E-state index in [4.69, 9.17) is 5.11 Å². The van der Waals surface area contributed by atoms with Gasteiger partial charge in [0.1, 0.15) is 0 Å². The van der Waals surface area contributed by atoms with Crippen LogP contribution >= 0.6 is 0 Å². The fourth-order valence-electron chi connectivity index (χ4n) is 2.87. The van der Waals surface area contributed by atoms with Gasteiger partial charge in [-0.1, -0.05) is 33.6 Å². The summed E-state index contributed by atoms with van der Waals surface area (Å²) < 4.78 is 0. The van der Waals surface area contributed by atoms with E-state index >= 15 is 0 Å². The SMILES string of the molecule is CCC(CNC(=O)N1CCC(CC)(CC)CC1)C(=O)O. The maximum atomic E-state index is 12.1. The Hall–Kier alpha value is -1.26. The van der Waals surface area contributed by atoms with E-state index in [1.54, 1.807) is 0 Å². The van der Waals surface area contributed by atoms with Crippen molar-refractivity contribution in [2.75, 3.05) is 19.6 Å². The summed E-state index contributed by atoms with van der Waals surface area (Å²) in [5.74, 6) is -1.34. The van der Waals surface area contributed by atoms with E-state index in [-0.39, 0.29) is 12.6 Å². The van der Waals surface area contributed by atoms with E-state index < -0.39 is 11.9 Å². The second-order valence-electron chi connectivity index (χ2n) is 5.82. The Labute approximate surface area is 121 Å². The van der Waals surface area contributed by atoms with Crippen LogP contribution in [0.15, 0.2) is 0 Å². The number of hydrogen-bond acceptors (Lipinski definition) is 2. The molecule has 20 heavy (non-hydrogen) atoms. The highest BCUT2D eigenvalue weighted by Gasteiger charge is 2.32. The first-order chi connectivity index (χ1) is 9.48. The molecule has 2 N–H and O–H groups in total. The number of rotatable bonds is 6. The second-order valence-corrected chi connectivity index (χ2v) is 5.82. The number of likely N-dealkylation sites (tertiary alicyclic amines) is 1. The normalized spacial score (nSPS) is 19.4. The molecule has 5 nitrogen and oxygen atoms in total. The van der Waals surface area contributed by atoms with Gasteiger partial charge in [-0.05, 0) is 24.7 Å². The van der Waals surface area contributed by atoms with E-state index in [9.17, 15) is 9.59 Å². The third-order valence-corrected chi connectivity index (χ3v) is 4.95. The van der Waals surface area contributed by atoms with Gasteiger partial charge >= 0.3 is 12.0 Å². The maximum absolute atomic E-state index is 12.1. The van der Waals surface area contributed by atoms with Crippen molar-refractivity contribution in [2.45, 2.75) is 52.9 Å². The van der Waals surface area contributed by atoms with Gasteiger partial charge in [-0.25, -0.2) is 4.79 Å². The molecule has 0 aliphatic carbocycles. The van der Waals surface area contributed by atoms with Crippen LogP contribution < -0.4 is 5.32 Å². The molecule has 1 fully saturated rings. The summed E-state index contributed by atoms with van der Waals surface area (Å²) in [7, 11) is 0. The van der Waals surface area contributed by atoms with Crippen LogP contribution in [0.1, 0.15) is 52.9 Å². The number of piperidine rings is 1. The van der Waals surface area contributed by atoms with E-state index in [2.05, 4.69) is 19.2 Å². The summed E-state index contributed by atoms with van der Waals surface area (Å²) in [6, 6.07) is -0.120. The molecule has 116 valence electrons. The van der Waals surface area contributed by atoms with E-state index in [0.717, 1.165) is 38.8 Å². The smallest absolute Gasteiger partial charge is 0.317 e. The third-order valence-electron chi connectivity index (χ3n) is 4.95. The topological polar surface area (TPSA) is 69.6 Å². The number of carboxylic acids is 1. The van der Waals surface area contributed by atoms with Crippen LogP contribution in [0.25, 0.3) is 0 Å². The van der Waals surface area contributed by atoms with Crippen LogP contribution in [0, 0.1) is 11.3 Å². The zero-order valence-electron chi connectivity index (χ0n) is 12.9. The van der Waals surface area contributed by atoms with Gasteiger partial charge in [0.25, 0.3) is 0 Å². The summed E-state index contributed by atoms with van der Waals surface area (Å²) in [4.78, 5) is 24.8. The fourth-order valence-corrected chi connectivity index (χ4v) is 2.87. The van der Waals surface area contributed by atoms with Gasteiger partial charge in [-0.3, -0.25) is 4.79 Å². The molecule has 1 atom stereocenters. The molecule has 1 rings (SSSR count).